The van der Waals surface area contributed by atoms with Gasteiger partial charge in [0.2, 0.25) is 5.91 Å². The van der Waals surface area contributed by atoms with E-state index in [9.17, 15) is 9.18 Å². The van der Waals surface area contributed by atoms with Gasteiger partial charge in [-0.1, -0.05) is 30.3 Å². The molecule has 1 amide bonds. The second kappa shape index (κ2) is 7.83. The summed E-state index contributed by atoms with van der Waals surface area (Å²) in [4.78, 5) is 13.9. The van der Waals surface area contributed by atoms with Gasteiger partial charge >= 0.3 is 0 Å². The number of rotatable bonds is 5. The summed E-state index contributed by atoms with van der Waals surface area (Å²) in [6, 6.07) is 18.1. The van der Waals surface area contributed by atoms with Crippen molar-refractivity contribution in [3.05, 3.63) is 83.7 Å². The third-order valence-corrected chi connectivity index (χ3v) is 4.17. The lowest BCUT2D eigenvalue weighted by Crippen LogP contribution is -2.24. The van der Waals surface area contributed by atoms with E-state index in [-0.39, 0.29) is 11.7 Å². The van der Waals surface area contributed by atoms with Crippen molar-refractivity contribution in [1.29, 1.82) is 0 Å². The van der Waals surface area contributed by atoms with Gasteiger partial charge in [0, 0.05) is 19.7 Å². The molecule has 0 aromatic heterocycles. The van der Waals surface area contributed by atoms with Gasteiger partial charge in [-0.15, -0.1) is 0 Å². The zero-order chi connectivity index (χ0) is 18.5. The summed E-state index contributed by atoms with van der Waals surface area (Å²) in [5, 5.41) is 2.19. The monoisotopic (exact) mass is 349 g/mol. The van der Waals surface area contributed by atoms with Gasteiger partial charge in [-0.3, -0.25) is 4.79 Å². The highest BCUT2D eigenvalue weighted by Crippen LogP contribution is 2.22. The van der Waals surface area contributed by atoms with Gasteiger partial charge < -0.3 is 9.64 Å². The van der Waals surface area contributed by atoms with E-state index >= 15 is 0 Å². The SMILES string of the molecule is COc1ccc2cc(CN(C)C(=O)/C=C/c3cccc(F)c3)ccc2c1. The Balaban J connectivity index is 1.69. The molecule has 26 heavy (non-hydrogen) atoms. The summed E-state index contributed by atoms with van der Waals surface area (Å²) in [6.45, 7) is 0.494. The molecule has 4 heteroatoms. The number of nitrogens with zero attached hydrogens (tertiary/aromatic N) is 1. The Hall–Kier alpha value is -3.14. The molecule has 3 aromatic carbocycles. The maximum Gasteiger partial charge on any atom is 0.246 e. The van der Waals surface area contributed by atoms with Crippen LogP contribution in [0.5, 0.6) is 5.75 Å². The van der Waals surface area contributed by atoms with Gasteiger partial charge in [-0.25, -0.2) is 4.39 Å². The van der Waals surface area contributed by atoms with Crippen LogP contribution in [0.3, 0.4) is 0 Å². The highest BCUT2D eigenvalue weighted by Gasteiger charge is 2.07. The van der Waals surface area contributed by atoms with E-state index in [1.165, 1.54) is 18.2 Å². The Labute approximate surface area is 152 Å². The van der Waals surface area contributed by atoms with Crippen LogP contribution in [0.2, 0.25) is 0 Å². The minimum atomic E-state index is -0.319. The van der Waals surface area contributed by atoms with Crippen molar-refractivity contribution in [3.63, 3.8) is 0 Å². The quantitative estimate of drug-likeness (QED) is 0.627. The predicted octanol–water partition coefficient (Wildman–Crippen LogP) is 4.66. The van der Waals surface area contributed by atoms with Gasteiger partial charge in [-0.2, -0.15) is 0 Å². The highest BCUT2D eigenvalue weighted by molar-refractivity contribution is 5.91. The molecular formula is C22H20FNO2. The van der Waals surface area contributed by atoms with E-state index < -0.39 is 0 Å². The molecule has 0 unspecified atom stereocenters. The van der Waals surface area contributed by atoms with Crippen molar-refractivity contribution in [3.8, 4) is 5.75 Å². The molecule has 0 saturated heterocycles. The number of carbonyl (C=O) groups excluding carboxylic acids is 1. The molecule has 0 aliphatic heterocycles. The first-order valence-corrected chi connectivity index (χ1v) is 8.30. The number of hydrogen-bond donors (Lipinski definition) is 0. The number of benzene rings is 3. The van der Waals surface area contributed by atoms with Gasteiger partial charge in [0.05, 0.1) is 7.11 Å². The van der Waals surface area contributed by atoms with E-state index in [2.05, 4.69) is 6.07 Å². The number of halogens is 1. The van der Waals surface area contributed by atoms with E-state index in [1.807, 2.05) is 30.3 Å². The summed E-state index contributed by atoms with van der Waals surface area (Å²) < 4.78 is 18.4. The predicted molar refractivity (Wildman–Crippen MR) is 102 cm³/mol. The maximum absolute atomic E-state index is 13.2. The number of amides is 1. The molecular weight excluding hydrogens is 329 g/mol. The fraction of sp³-hybridized carbons (Fsp3) is 0.136. The number of fused-ring (bicyclic) bond motifs is 1. The second-order valence-electron chi connectivity index (χ2n) is 6.13. The minimum absolute atomic E-state index is 0.135. The van der Waals surface area contributed by atoms with Gasteiger partial charge in [0.15, 0.2) is 0 Å². The summed E-state index contributed by atoms with van der Waals surface area (Å²) in [5.74, 6) is 0.366. The normalized spacial score (nSPS) is 11.0. The summed E-state index contributed by atoms with van der Waals surface area (Å²) in [5.41, 5.74) is 1.70. The number of hydrogen-bond acceptors (Lipinski definition) is 2. The molecule has 0 saturated carbocycles. The minimum Gasteiger partial charge on any atom is -0.497 e. The third kappa shape index (κ3) is 4.28. The highest BCUT2D eigenvalue weighted by atomic mass is 19.1. The second-order valence-corrected chi connectivity index (χ2v) is 6.13. The largest absolute Gasteiger partial charge is 0.497 e. The van der Waals surface area contributed by atoms with Crippen LogP contribution in [0, 0.1) is 5.82 Å². The average molecular weight is 349 g/mol. The van der Waals surface area contributed by atoms with Crippen LogP contribution in [-0.2, 0) is 11.3 Å². The Morgan fingerprint density at radius 3 is 2.62 bits per heavy atom. The molecule has 0 atom stereocenters. The first kappa shape index (κ1) is 17.7. The fourth-order valence-corrected chi connectivity index (χ4v) is 2.76. The van der Waals surface area contributed by atoms with E-state index in [0.717, 1.165) is 22.1 Å². The fourth-order valence-electron chi connectivity index (χ4n) is 2.76. The molecule has 0 radical (unpaired) electrons. The molecule has 132 valence electrons. The number of carbonyl (C=O) groups is 1. The van der Waals surface area contributed by atoms with Crippen LogP contribution in [0.25, 0.3) is 16.8 Å². The first-order valence-electron chi connectivity index (χ1n) is 8.30. The lowest BCUT2D eigenvalue weighted by Gasteiger charge is -2.15. The topological polar surface area (TPSA) is 29.5 Å². The number of likely N-dealkylation sites (N-methyl/N-ethyl adjacent to an activating group) is 1. The summed E-state index contributed by atoms with van der Waals surface area (Å²) >= 11 is 0. The third-order valence-electron chi connectivity index (χ3n) is 4.17. The Bertz CT molecular complexity index is 965. The van der Waals surface area contributed by atoms with Gasteiger partial charge in [0.1, 0.15) is 11.6 Å². The van der Waals surface area contributed by atoms with E-state index in [1.54, 1.807) is 37.3 Å². The van der Waals surface area contributed by atoms with Crippen LogP contribution in [-0.4, -0.2) is 25.0 Å². The number of methoxy groups -OCH3 is 1. The number of ether oxygens (including phenoxy) is 1. The van der Waals surface area contributed by atoms with E-state index in [4.69, 9.17) is 4.74 Å². The molecule has 3 rings (SSSR count). The molecule has 3 nitrogen and oxygen atoms in total. The zero-order valence-electron chi connectivity index (χ0n) is 14.8. The first-order chi connectivity index (χ1) is 12.5. The molecule has 0 fully saturated rings. The molecule has 0 spiro atoms. The van der Waals surface area contributed by atoms with Crippen molar-refractivity contribution in [2.75, 3.05) is 14.2 Å². The molecule has 0 bridgehead atoms. The van der Waals surface area contributed by atoms with Crippen molar-refractivity contribution in [2.45, 2.75) is 6.54 Å². The van der Waals surface area contributed by atoms with Crippen molar-refractivity contribution in [1.82, 2.24) is 4.90 Å². The van der Waals surface area contributed by atoms with Crippen LogP contribution < -0.4 is 4.74 Å². The van der Waals surface area contributed by atoms with Crippen molar-refractivity contribution < 1.29 is 13.9 Å². The lowest BCUT2D eigenvalue weighted by molar-refractivity contribution is -0.125. The van der Waals surface area contributed by atoms with Crippen molar-refractivity contribution >= 4 is 22.8 Å². The van der Waals surface area contributed by atoms with Gasteiger partial charge in [0.25, 0.3) is 0 Å². The average Bonchev–Trinajstić information content (AvgIpc) is 2.65. The van der Waals surface area contributed by atoms with Crippen LogP contribution >= 0.6 is 0 Å². The Morgan fingerprint density at radius 1 is 1.08 bits per heavy atom. The van der Waals surface area contributed by atoms with Crippen molar-refractivity contribution in [2.24, 2.45) is 0 Å². The van der Waals surface area contributed by atoms with Crippen LogP contribution in [0.15, 0.2) is 66.7 Å². The van der Waals surface area contributed by atoms with E-state index in [0.29, 0.717) is 12.1 Å². The molecule has 0 aliphatic carbocycles. The Kier molecular flexibility index (Phi) is 5.32. The maximum atomic E-state index is 13.2. The zero-order valence-corrected chi connectivity index (χ0v) is 14.8. The molecule has 0 N–H and O–H groups in total. The standard InChI is InChI=1S/C22H20FNO2/c1-24(22(25)11-7-16-4-3-5-20(23)13-16)15-17-6-8-19-14-21(26-2)10-9-18(19)12-17/h3-14H,15H2,1-2H3/b11-7+. The Morgan fingerprint density at radius 2 is 1.85 bits per heavy atom. The molecule has 3 aromatic rings. The summed E-state index contributed by atoms with van der Waals surface area (Å²) in [6.07, 6.45) is 3.08. The smallest absolute Gasteiger partial charge is 0.246 e. The summed E-state index contributed by atoms with van der Waals surface area (Å²) in [7, 11) is 3.39. The van der Waals surface area contributed by atoms with Crippen LogP contribution in [0.4, 0.5) is 4.39 Å². The lowest BCUT2D eigenvalue weighted by atomic mass is 10.1. The molecule has 0 heterocycles. The van der Waals surface area contributed by atoms with Crippen LogP contribution in [0.1, 0.15) is 11.1 Å². The van der Waals surface area contributed by atoms with Gasteiger partial charge in [-0.05, 0) is 58.3 Å². The molecule has 0 aliphatic rings.